The molecule has 0 bridgehead atoms. The summed E-state index contributed by atoms with van der Waals surface area (Å²) in [4.78, 5) is 10.8. The maximum absolute atomic E-state index is 12.8. The average Bonchev–Trinajstić information content (AvgIpc) is 2.51. The lowest BCUT2D eigenvalue weighted by Gasteiger charge is -2.10. The van der Waals surface area contributed by atoms with Crippen molar-refractivity contribution >= 4 is 6.09 Å². The minimum Gasteiger partial charge on any atom is -0.447 e. The van der Waals surface area contributed by atoms with Gasteiger partial charge in [0.15, 0.2) is 0 Å². The van der Waals surface area contributed by atoms with Gasteiger partial charge in [0, 0.05) is 0 Å². The highest BCUT2D eigenvalue weighted by molar-refractivity contribution is 5.70. The van der Waals surface area contributed by atoms with Crippen molar-refractivity contribution in [3.05, 3.63) is 35.1 Å². The second-order valence-electron chi connectivity index (χ2n) is 3.30. The van der Waals surface area contributed by atoms with Crippen molar-refractivity contribution < 1.29 is 13.9 Å². The maximum atomic E-state index is 12.8. The first-order valence-corrected chi connectivity index (χ1v) is 4.36. The third kappa shape index (κ3) is 1.55. The second-order valence-corrected chi connectivity index (χ2v) is 3.30. The van der Waals surface area contributed by atoms with Crippen LogP contribution in [0.25, 0.3) is 0 Å². The van der Waals surface area contributed by atoms with Gasteiger partial charge in [-0.2, -0.15) is 0 Å². The summed E-state index contributed by atoms with van der Waals surface area (Å²) in [6.07, 6.45) is -0.418. The Morgan fingerprint density at radius 2 is 2.36 bits per heavy atom. The standard InChI is InChI=1S/C10H10FNO2/c1-6-4-7(11)2-3-8(6)9-5-14-10(13)12-9/h2-4,9H,5H2,1H3,(H,12,13)/t9-/m0/s1. The van der Waals surface area contributed by atoms with Crippen molar-refractivity contribution in [1.29, 1.82) is 0 Å². The number of nitrogens with one attached hydrogen (secondary N) is 1. The monoisotopic (exact) mass is 195 g/mol. The van der Waals surface area contributed by atoms with Crippen LogP contribution in [0.4, 0.5) is 9.18 Å². The number of carbonyl (C=O) groups is 1. The molecule has 1 aliphatic rings. The Labute approximate surface area is 80.9 Å². The van der Waals surface area contributed by atoms with Crippen LogP contribution in [0, 0.1) is 12.7 Å². The summed E-state index contributed by atoms with van der Waals surface area (Å²) in [5.74, 6) is -0.267. The predicted octanol–water partition coefficient (Wildman–Crippen LogP) is 1.92. The largest absolute Gasteiger partial charge is 0.447 e. The molecule has 1 aromatic rings. The van der Waals surface area contributed by atoms with Crippen LogP contribution in [0.2, 0.25) is 0 Å². The summed E-state index contributed by atoms with van der Waals surface area (Å²) < 4.78 is 17.6. The summed E-state index contributed by atoms with van der Waals surface area (Å²) >= 11 is 0. The number of hydrogen-bond donors (Lipinski definition) is 1. The molecule has 1 aromatic carbocycles. The Balaban J connectivity index is 2.28. The minimum absolute atomic E-state index is 0.150. The Morgan fingerprint density at radius 1 is 1.57 bits per heavy atom. The van der Waals surface area contributed by atoms with Gasteiger partial charge in [-0.25, -0.2) is 9.18 Å². The molecular formula is C10H10FNO2. The number of rotatable bonds is 1. The van der Waals surface area contributed by atoms with E-state index >= 15 is 0 Å². The molecule has 1 heterocycles. The molecule has 0 aromatic heterocycles. The Morgan fingerprint density at radius 3 is 2.93 bits per heavy atom. The highest BCUT2D eigenvalue weighted by Gasteiger charge is 2.24. The molecule has 1 atom stereocenters. The first-order chi connectivity index (χ1) is 6.66. The van der Waals surface area contributed by atoms with Crippen molar-refractivity contribution in [1.82, 2.24) is 5.32 Å². The molecule has 1 amide bonds. The predicted molar refractivity (Wildman–Crippen MR) is 48.4 cm³/mol. The number of hydrogen-bond acceptors (Lipinski definition) is 2. The van der Waals surface area contributed by atoms with Crippen LogP contribution in [0.3, 0.4) is 0 Å². The first-order valence-electron chi connectivity index (χ1n) is 4.36. The molecule has 74 valence electrons. The lowest BCUT2D eigenvalue weighted by molar-refractivity contribution is 0.177. The summed E-state index contributed by atoms with van der Waals surface area (Å²) in [6, 6.07) is 4.35. The van der Waals surface area contributed by atoms with Crippen LogP contribution in [0.5, 0.6) is 0 Å². The first kappa shape index (κ1) is 8.99. The van der Waals surface area contributed by atoms with Crippen LogP contribution in [-0.4, -0.2) is 12.7 Å². The fourth-order valence-electron chi connectivity index (χ4n) is 1.58. The van der Waals surface area contributed by atoms with Crippen LogP contribution in [0.15, 0.2) is 18.2 Å². The molecule has 4 heteroatoms. The number of alkyl carbamates (subject to hydrolysis) is 1. The van der Waals surface area contributed by atoms with Crippen LogP contribution in [-0.2, 0) is 4.74 Å². The van der Waals surface area contributed by atoms with Crippen molar-refractivity contribution in [3.63, 3.8) is 0 Å². The average molecular weight is 195 g/mol. The quantitative estimate of drug-likeness (QED) is 0.743. The fourth-order valence-corrected chi connectivity index (χ4v) is 1.58. The van der Waals surface area contributed by atoms with E-state index in [-0.39, 0.29) is 11.9 Å². The minimum atomic E-state index is -0.418. The number of cyclic esters (lactones) is 1. The van der Waals surface area contributed by atoms with Crippen molar-refractivity contribution in [2.45, 2.75) is 13.0 Å². The normalized spacial score (nSPS) is 20.4. The molecule has 0 unspecified atom stereocenters. The third-order valence-electron chi connectivity index (χ3n) is 2.28. The molecule has 3 nitrogen and oxygen atoms in total. The molecule has 1 aliphatic heterocycles. The van der Waals surface area contributed by atoms with E-state index in [0.29, 0.717) is 6.61 Å². The highest BCUT2D eigenvalue weighted by Crippen LogP contribution is 2.22. The van der Waals surface area contributed by atoms with Crippen molar-refractivity contribution in [2.24, 2.45) is 0 Å². The number of carbonyl (C=O) groups excluding carboxylic acids is 1. The van der Waals surface area contributed by atoms with Crippen LogP contribution in [0.1, 0.15) is 17.2 Å². The van der Waals surface area contributed by atoms with Crippen molar-refractivity contribution in [3.8, 4) is 0 Å². The van der Waals surface area contributed by atoms with Gasteiger partial charge in [-0.3, -0.25) is 0 Å². The molecule has 14 heavy (non-hydrogen) atoms. The molecule has 0 saturated carbocycles. The molecule has 1 fully saturated rings. The van der Waals surface area contributed by atoms with Crippen LogP contribution >= 0.6 is 0 Å². The van der Waals surface area contributed by atoms with Gasteiger partial charge in [-0.15, -0.1) is 0 Å². The van der Waals surface area contributed by atoms with Gasteiger partial charge in [-0.1, -0.05) is 6.07 Å². The molecule has 1 saturated heterocycles. The lowest BCUT2D eigenvalue weighted by Crippen LogP contribution is -2.19. The van der Waals surface area contributed by atoms with E-state index in [1.54, 1.807) is 6.07 Å². The van der Waals surface area contributed by atoms with Crippen molar-refractivity contribution in [2.75, 3.05) is 6.61 Å². The van der Waals surface area contributed by atoms with Crippen LogP contribution < -0.4 is 5.32 Å². The van der Waals surface area contributed by atoms with Gasteiger partial charge in [0.25, 0.3) is 0 Å². The van der Waals surface area contributed by atoms with E-state index in [9.17, 15) is 9.18 Å². The zero-order chi connectivity index (χ0) is 10.1. The van der Waals surface area contributed by atoms with E-state index in [1.807, 2.05) is 6.92 Å². The molecular weight excluding hydrogens is 185 g/mol. The number of aryl methyl sites for hydroxylation is 1. The Kier molecular flexibility index (Phi) is 2.11. The number of amides is 1. The Hall–Kier alpha value is -1.58. The number of ether oxygens (including phenoxy) is 1. The molecule has 0 spiro atoms. The second kappa shape index (κ2) is 3.29. The zero-order valence-corrected chi connectivity index (χ0v) is 7.71. The van der Waals surface area contributed by atoms with E-state index in [1.165, 1.54) is 12.1 Å². The molecule has 2 rings (SSSR count). The lowest BCUT2D eigenvalue weighted by atomic mass is 10.0. The zero-order valence-electron chi connectivity index (χ0n) is 7.71. The maximum Gasteiger partial charge on any atom is 0.407 e. The number of halogens is 1. The van der Waals surface area contributed by atoms with Gasteiger partial charge >= 0.3 is 6.09 Å². The fraction of sp³-hybridized carbons (Fsp3) is 0.300. The van der Waals surface area contributed by atoms with E-state index in [4.69, 9.17) is 4.74 Å². The van der Waals surface area contributed by atoms with Gasteiger partial charge in [0.1, 0.15) is 12.4 Å². The SMILES string of the molecule is Cc1cc(F)ccc1[C@@H]1COC(=O)N1. The topological polar surface area (TPSA) is 38.3 Å². The molecule has 1 N–H and O–H groups in total. The smallest absolute Gasteiger partial charge is 0.407 e. The number of benzene rings is 1. The van der Waals surface area contributed by atoms with Gasteiger partial charge in [-0.05, 0) is 30.2 Å². The van der Waals surface area contributed by atoms with Gasteiger partial charge in [0.05, 0.1) is 6.04 Å². The van der Waals surface area contributed by atoms with E-state index in [2.05, 4.69) is 5.32 Å². The molecule has 0 radical (unpaired) electrons. The summed E-state index contributed by atoms with van der Waals surface area (Å²) in [6.45, 7) is 2.12. The third-order valence-corrected chi connectivity index (χ3v) is 2.28. The Bertz CT molecular complexity index is 378. The van der Waals surface area contributed by atoms with Gasteiger partial charge in [0.2, 0.25) is 0 Å². The van der Waals surface area contributed by atoms with E-state index < -0.39 is 6.09 Å². The summed E-state index contributed by atoms with van der Waals surface area (Å²) in [7, 11) is 0. The summed E-state index contributed by atoms with van der Waals surface area (Å²) in [5.41, 5.74) is 1.72. The summed E-state index contributed by atoms with van der Waals surface area (Å²) in [5, 5.41) is 2.65. The van der Waals surface area contributed by atoms with E-state index in [0.717, 1.165) is 11.1 Å². The molecule has 0 aliphatic carbocycles. The van der Waals surface area contributed by atoms with Gasteiger partial charge < -0.3 is 10.1 Å². The highest BCUT2D eigenvalue weighted by atomic mass is 19.1.